The summed E-state index contributed by atoms with van der Waals surface area (Å²) in [6.07, 6.45) is 4.92. The number of nitrogens with one attached hydrogen (secondary N) is 1. The number of aliphatic hydroxyl groups is 1. The van der Waals surface area contributed by atoms with E-state index in [9.17, 15) is 4.79 Å². The smallest absolute Gasteiger partial charge is 0.220 e. The topological polar surface area (TPSA) is 88.2 Å². The monoisotopic (exact) mass is 267 g/mol. The van der Waals surface area contributed by atoms with Gasteiger partial charge in [-0.2, -0.15) is 0 Å². The normalized spacial score (nSPS) is 17.6. The van der Waals surface area contributed by atoms with E-state index in [0.29, 0.717) is 24.7 Å². The van der Waals surface area contributed by atoms with Crippen LogP contribution in [0, 0.1) is 0 Å². The fraction of sp³-hybridized carbons (Fsp3) is 0.769. The molecule has 1 aliphatic carbocycles. The van der Waals surface area contributed by atoms with Crippen LogP contribution < -0.4 is 5.32 Å². The number of nitrogens with zero attached hydrogens (tertiary/aromatic N) is 2. The number of aromatic nitrogens is 2. The van der Waals surface area contributed by atoms with Gasteiger partial charge in [0.2, 0.25) is 17.7 Å². The molecule has 1 unspecified atom stereocenters. The minimum atomic E-state index is -0.527. The maximum atomic E-state index is 11.5. The van der Waals surface area contributed by atoms with Crippen LogP contribution in [0.3, 0.4) is 0 Å². The van der Waals surface area contributed by atoms with E-state index in [2.05, 4.69) is 15.5 Å². The molecule has 1 fully saturated rings. The molecule has 1 heterocycles. The highest BCUT2D eigenvalue weighted by Crippen LogP contribution is 2.33. The minimum absolute atomic E-state index is 0.110. The number of aliphatic hydroxyl groups excluding tert-OH is 1. The van der Waals surface area contributed by atoms with Crippen LogP contribution in [-0.2, 0) is 11.2 Å². The van der Waals surface area contributed by atoms with Crippen LogP contribution in [0.25, 0.3) is 0 Å². The molecule has 0 aromatic carbocycles. The molecule has 1 aromatic heterocycles. The fourth-order valence-electron chi connectivity index (χ4n) is 2.28. The first-order chi connectivity index (χ1) is 9.15. The van der Waals surface area contributed by atoms with E-state index in [0.717, 1.165) is 18.7 Å². The van der Waals surface area contributed by atoms with Crippen LogP contribution in [0.15, 0.2) is 4.42 Å². The summed E-state index contributed by atoms with van der Waals surface area (Å²) >= 11 is 0. The average Bonchev–Trinajstić information content (AvgIpc) is 3.03. The summed E-state index contributed by atoms with van der Waals surface area (Å²) in [5.41, 5.74) is 0. The molecule has 6 nitrogen and oxygen atoms in total. The number of amides is 1. The predicted molar refractivity (Wildman–Crippen MR) is 68.5 cm³/mol. The van der Waals surface area contributed by atoms with Gasteiger partial charge in [-0.3, -0.25) is 4.79 Å². The number of carbonyl (C=O) groups excluding carboxylic acids is 1. The molecular weight excluding hydrogens is 246 g/mol. The Kier molecular flexibility index (Phi) is 4.90. The van der Waals surface area contributed by atoms with Gasteiger partial charge in [0.05, 0.1) is 6.10 Å². The Bertz CT molecular complexity index is 411. The quantitative estimate of drug-likeness (QED) is 0.807. The lowest BCUT2D eigenvalue weighted by Gasteiger charge is -2.05. The molecule has 1 aliphatic rings. The SMILES string of the molecule is CC(O)CNC(=O)CCc1nnc(C2CCCC2)o1. The fourth-order valence-corrected chi connectivity index (χ4v) is 2.28. The van der Waals surface area contributed by atoms with Gasteiger partial charge in [-0.25, -0.2) is 0 Å². The highest BCUT2D eigenvalue weighted by molar-refractivity contribution is 5.75. The molecule has 0 bridgehead atoms. The van der Waals surface area contributed by atoms with E-state index in [1.54, 1.807) is 6.92 Å². The molecule has 1 amide bonds. The van der Waals surface area contributed by atoms with Crippen LogP contribution >= 0.6 is 0 Å². The van der Waals surface area contributed by atoms with Crippen molar-refractivity contribution in [3.05, 3.63) is 11.8 Å². The van der Waals surface area contributed by atoms with Gasteiger partial charge >= 0.3 is 0 Å². The Morgan fingerprint density at radius 2 is 2.21 bits per heavy atom. The third-order valence-corrected chi connectivity index (χ3v) is 3.35. The maximum absolute atomic E-state index is 11.5. The summed E-state index contributed by atoms with van der Waals surface area (Å²) in [7, 11) is 0. The molecule has 6 heteroatoms. The second-order valence-corrected chi connectivity index (χ2v) is 5.17. The third kappa shape index (κ3) is 4.31. The molecule has 2 rings (SSSR count). The third-order valence-electron chi connectivity index (χ3n) is 3.35. The minimum Gasteiger partial charge on any atom is -0.425 e. The first-order valence-corrected chi connectivity index (χ1v) is 6.92. The standard InChI is InChI=1S/C13H21N3O3/c1-9(17)8-14-11(18)6-7-12-15-16-13(19-12)10-4-2-3-5-10/h9-10,17H,2-8H2,1H3,(H,14,18). The number of carbonyl (C=O) groups is 1. The zero-order chi connectivity index (χ0) is 13.7. The van der Waals surface area contributed by atoms with Gasteiger partial charge in [-0.15, -0.1) is 10.2 Å². The summed E-state index contributed by atoms with van der Waals surface area (Å²) in [4.78, 5) is 11.5. The van der Waals surface area contributed by atoms with Gasteiger partial charge in [0, 0.05) is 25.3 Å². The van der Waals surface area contributed by atoms with E-state index < -0.39 is 6.10 Å². The number of hydrogen-bond donors (Lipinski definition) is 2. The lowest BCUT2D eigenvalue weighted by atomic mass is 10.1. The van der Waals surface area contributed by atoms with Crippen molar-refractivity contribution in [3.8, 4) is 0 Å². The van der Waals surface area contributed by atoms with Gasteiger partial charge in [-0.05, 0) is 19.8 Å². The lowest BCUT2D eigenvalue weighted by Crippen LogP contribution is -2.30. The van der Waals surface area contributed by atoms with E-state index in [1.807, 2.05) is 0 Å². The van der Waals surface area contributed by atoms with Gasteiger partial charge in [-0.1, -0.05) is 12.8 Å². The van der Waals surface area contributed by atoms with Crippen molar-refractivity contribution in [1.29, 1.82) is 0 Å². The Labute approximate surface area is 112 Å². The second kappa shape index (κ2) is 6.65. The van der Waals surface area contributed by atoms with Crippen LogP contribution in [0.4, 0.5) is 0 Å². The molecule has 0 saturated heterocycles. The summed E-state index contributed by atoms with van der Waals surface area (Å²) in [5, 5.41) is 19.7. The molecular formula is C13H21N3O3. The molecule has 1 saturated carbocycles. The molecule has 106 valence electrons. The largest absolute Gasteiger partial charge is 0.425 e. The van der Waals surface area contributed by atoms with E-state index in [-0.39, 0.29) is 12.5 Å². The molecule has 2 N–H and O–H groups in total. The Hall–Kier alpha value is -1.43. The Morgan fingerprint density at radius 1 is 1.47 bits per heavy atom. The molecule has 1 atom stereocenters. The van der Waals surface area contributed by atoms with Crippen LogP contribution in [0.2, 0.25) is 0 Å². The average molecular weight is 267 g/mol. The van der Waals surface area contributed by atoms with Crippen molar-refractivity contribution in [2.75, 3.05) is 6.54 Å². The van der Waals surface area contributed by atoms with Crippen molar-refractivity contribution in [3.63, 3.8) is 0 Å². The Morgan fingerprint density at radius 3 is 2.89 bits per heavy atom. The molecule has 0 spiro atoms. The van der Waals surface area contributed by atoms with Crippen molar-refractivity contribution >= 4 is 5.91 Å². The number of hydrogen-bond acceptors (Lipinski definition) is 5. The lowest BCUT2D eigenvalue weighted by molar-refractivity contribution is -0.121. The highest BCUT2D eigenvalue weighted by Gasteiger charge is 2.22. The van der Waals surface area contributed by atoms with Gasteiger partial charge in [0.1, 0.15) is 0 Å². The molecule has 19 heavy (non-hydrogen) atoms. The van der Waals surface area contributed by atoms with Crippen LogP contribution in [0.1, 0.15) is 56.7 Å². The molecule has 0 aliphatic heterocycles. The van der Waals surface area contributed by atoms with E-state index in [4.69, 9.17) is 9.52 Å². The molecule has 1 aromatic rings. The van der Waals surface area contributed by atoms with Crippen LogP contribution in [0.5, 0.6) is 0 Å². The highest BCUT2D eigenvalue weighted by atomic mass is 16.4. The zero-order valence-corrected chi connectivity index (χ0v) is 11.3. The summed E-state index contributed by atoms with van der Waals surface area (Å²) in [6, 6.07) is 0. The van der Waals surface area contributed by atoms with E-state index in [1.165, 1.54) is 12.8 Å². The van der Waals surface area contributed by atoms with Crippen LogP contribution in [-0.4, -0.2) is 33.9 Å². The van der Waals surface area contributed by atoms with Crippen molar-refractivity contribution < 1.29 is 14.3 Å². The molecule has 0 radical (unpaired) electrons. The number of aryl methyl sites for hydroxylation is 1. The van der Waals surface area contributed by atoms with Gasteiger partial charge in [0.25, 0.3) is 0 Å². The Balaban J connectivity index is 1.75. The first kappa shape index (κ1) is 14.0. The number of rotatable bonds is 6. The maximum Gasteiger partial charge on any atom is 0.220 e. The summed E-state index contributed by atoms with van der Waals surface area (Å²) in [6.45, 7) is 1.90. The van der Waals surface area contributed by atoms with Crippen molar-refractivity contribution in [2.45, 2.75) is 57.5 Å². The van der Waals surface area contributed by atoms with Gasteiger partial charge in [0.15, 0.2) is 0 Å². The zero-order valence-electron chi connectivity index (χ0n) is 11.3. The van der Waals surface area contributed by atoms with E-state index >= 15 is 0 Å². The summed E-state index contributed by atoms with van der Waals surface area (Å²) in [5.74, 6) is 1.54. The van der Waals surface area contributed by atoms with Crippen molar-refractivity contribution in [2.24, 2.45) is 0 Å². The van der Waals surface area contributed by atoms with Gasteiger partial charge < -0.3 is 14.8 Å². The summed E-state index contributed by atoms with van der Waals surface area (Å²) < 4.78 is 5.59. The first-order valence-electron chi connectivity index (χ1n) is 6.92. The van der Waals surface area contributed by atoms with Crippen molar-refractivity contribution in [1.82, 2.24) is 15.5 Å². The second-order valence-electron chi connectivity index (χ2n) is 5.17. The predicted octanol–water partition coefficient (Wildman–Crippen LogP) is 1.16.